The molecule has 210 valence electrons. The molecule has 0 atom stereocenters. The van der Waals surface area contributed by atoms with Gasteiger partial charge in [0.2, 0.25) is 9.84 Å². The summed E-state index contributed by atoms with van der Waals surface area (Å²) in [6.07, 6.45) is 1.93. The highest BCUT2D eigenvalue weighted by Crippen LogP contribution is 2.41. The van der Waals surface area contributed by atoms with Crippen LogP contribution in [0.15, 0.2) is 82.8 Å². The van der Waals surface area contributed by atoms with E-state index in [1.165, 1.54) is 23.9 Å². The summed E-state index contributed by atoms with van der Waals surface area (Å²) in [6.45, 7) is 0.577. The average molecular weight is 639 g/mol. The Morgan fingerprint density at radius 3 is 1.20 bits per heavy atom. The number of sulfone groups is 1. The van der Waals surface area contributed by atoms with Gasteiger partial charge in [-0.2, -0.15) is 0 Å². The normalized spacial score (nSPS) is 11.8. The summed E-state index contributed by atoms with van der Waals surface area (Å²) in [4.78, 5) is -3.36. The molecule has 0 aliphatic rings. The molecule has 0 fully saturated rings. The van der Waals surface area contributed by atoms with Crippen molar-refractivity contribution in [3.8, 4) is 0 Å². The SMILES string of the molecule is CSc1ccc(Sc2ccc(Sc3c(F)c(F)c(S(=O)(=O)c4c(F)c(F)c(C)c(F)c4F)c(F)c3F)cc2)cc1. The van der Waals surface area contributed by atoms with Crippen LogP contribution in [0, 0.1) is 53.5 Å². The second-order valence-corrected chi connectivity index (χ2v) is 12.9. The predicted octanol–water partition coefficient (Wildman–Crippen LogP) is 8.96. The molecular formula is C26H14F8O2S4. The fraction of sp³-hybridized carbons (Fsp3) is 0.0769. The van der Waals surface area contributed by atoms with Gasteiger partial charge in [0.15, 0.2) is 46.5 Å². The number of benzene rings is 4. The lowest BCUT2D eigenvalue weighted by atomic mass is 10.2. The Morgan fingerprint density at radius 1 is 0.500 bits per heavy atom. The minimum atomic E-state index is -6.17. The topological polar surface area (TPSA) is 34.1 Å². The van der Waals surface area contributed by atoms with Crippen molar-refractivity contribution in [1.82, 2.24) is 0 Å². The van der Waals surface area contributed by atoms with Gasteiger partial charge < -0.3 is 0 Å². The summed E-state index contributed by atoms with van der Waals surface area (Å²) in [5, 5.41) is 0. The number of hydrogen-bond acceptors (Lipinski definition) is 5. The Kier molecular flexibility index (Phi) is 8.83. The van der Waals surface area contributed by atoms with Crippen LogP contribution in [0.1, 0.15) is 5.56 Å². The van der Waals surface area contributed by atoms with E-state index in [1.807, 2.05) is 30.5 Å². The fourth-order valence-electron chi connectivity index (χ4n) is 3.45. The standard InChI is InChI=1S/C26H14F8O2S4/c1-11-16(27)20(31)25(21(32)17(11)28)40(35,36)26-22(33)18(29)24(19(30)23(26)34)39-15-9-7-14(8-10-15)38-13-5-3-12(37-2)4-6-13/h3-10H,1-2H3. The van der Waals surface area contributed by atoms with E-state index in [9.17, 15) is 43.5 Å². The smallest absolute Gasteiger partial charge is 0.218 e. The van der Waals surface area contributed by atoms with Crippen molar-refractivity contribution in [2.24, 2.45) is 0 Å². The van der Waals surface area contributed by atoms with E-state index in [-0.39, 0.29) is 16.7 Å². The van der Waals surface area contributed by atoms with Crippen molar-refractivity contribution in [1.29, 1.82) is 0 Å². The molecule has 0 aliphatic carbocycles. The van der Waals surface area contributed by atoms with Gasteiger partial charge in [-0.25, -0.2) is 43.5 Å². The molecule has 0 aromatic heterocycles. The average Bonchev–Trinajstić information content (AvgIpc) is 2.93. The van der Waals surface area contributed by atoms with Crippen LogP contribution in [0.25, 0.3) is 0 Å². The molecule has 4 aromatic carbocycles. The molecule has 0 aliphatic heterocycles. The molecule has 4 aromatic rings. The maximum atomic E-state index is 14.9. The quantitative estimate of drug-likeness (QED) is 0.115. The van der Waals surface area contributed by atoms with Gasteiger partial charge in [-0.1, -0.05) is 23.5 Å². The molecule has 2 nitrogen and oxygen atoms in total. The lowest BCUT2D eigenvalue weighted by molar-refractivity contribution is 0.390. The van der Waals surface area contributed by atoms with Crippen LogP contribution in [-0.4, -0.2) is 14.7 Å². The third-order valence-electron chi connectivity index (χ3n) is 5.50. The fourth-order valence-corrected chi connectivity index (χ4v) is 7.05. The van der Waals surface area contributed by atoms with Crippen LogP contribution in [0.3, 0.4) is 0 Å². The van der Waals surface area contributed by atoms with Gasteiger partial charge in [0, 0.05) is 25.1 Å². The number of hydrogen-bond donors (Lipinski definition) is 0. The molecule has 0 saturated carbocycles. The van der Waals surface area contributed by atoms with Crippen molar-refractivity contribution < 1.29 is 43.5 Å². The first-order valence-corrected chi connectivity index (χ1v) is 15.2. The Labute approximate surface area is 236 Å². The highest BCUT2D eigenvalue weighted by atomic mass is 32.2. The Morgan fingerprint density at radius 2 is 0.825 bits per heavy atom. The van der Waals surface area contributed by atoms with Crippen LogP contribution in [0.4, 0.5) is 35.1 Å². The first-order chi connectivity index (χ1) is 18.8. The van der Waals surface area contributed by atoms with Gasteiger partial charge in [-0.05, 0) is 61.7 Å². The lowest BCUT2D eigenvalue weighted by Gasteiger charge is -2.14. The van der Waals surface area contributed by atoms with Gasteiger partial charge in [-0.3, -0.25) is 0 Å². The van der Waals surface area contributed by atoms with Crippen LogP contribution in [0.2, 0.25) is 0 Å². The number of rotatable bonds is 7. The first-order valence-electron chi connectivity index (χ1n) is 10.8. The maximum Gasteiger partial charge on any atom is 0.218 e. The first kappa shape index (κ1) is 30.3. The van der Waals surface area contributed by atoms with E-state index >= 15 is 0 Å². The molecule has 0 saturated heterocycles. The second kappa shape index (κ2) is 11.7. The molecule has 0 heterocycles. The summed E-state index contributed by atoms with van der Waals surface area (Å²) in [7, 11) is -6.17. The zero-order valence-electron chi connectivity index (χ0n) is 20.1. The summed E-state index contributed by atoms with van der Waals surface area (Å²) >= 11 is 3.16. The van der Waals surface area contributed by atoms with Crippen molar-refractivity contribution in [2.75, 3.05) is 6.26 Å². The van der Waals surface area contributed by atoms with Crippen molar-refractivity contribution in [2.45, 2.75) is 41.2 Å². The molecule has 0 amide bonds. The Bertz CT molecular complexity index is 1670. The van der Waals surface area contributed by atoms with E-state index in [2.05, 4.69) is 0 Å². The molecule has 0 unspecified atom stereocenters. The molecule has 0 N–H and O–H groups in total. The van der Waals surface area contributed by atoms with Crippen LogP contribution < -0.4 is 0 Å². The third-order valence-corrected chi connectivity index (χ3v) is 10.1. The van der Waals surface area contributed by atoms with Crippen LogP contribution in [-0.2, 0) is 9.84 Å². The van der Waals surface area contributed by atoms with E-state index in [1.54, 1.807) is 23.9 Å². The lowest BCUT2D eigenvalue weighted by Crippen LogP contribution is -2.17. The van der Waals surface area contributed by atoms with Crippen molar-refractivity contribution in [3.63, 3.8) is 0 Å². The van der Waals surface area contributed by atoms with E-state index in [0.29, 0.717) is 6.92 Å². The van der Waals surface area contributed by atoms with E-state index in [4.69, 9.17) is 0 Å². The number of thioether (sulfide) groups is 1. The van der Waals surface area contributed by atoms with Gasteiger partial charge in [-0.15, -0.1) is 11.8 Å². The molecular weight excluding hydrogens is 625 g/mol. The molecule has 0 radical (unpaired) electrons. The minimum Gasteiger partial charge on any atom is -0.218 e. The minimum absolute atomic E-state index is 0.106. The molecule has 40 heavy (non-hydrogen) atoms. The van der Waals surface area contributed by atoms with Crippen LogP contribution >= 0.6 is 35.3 Å². The van der Waals surface area contributed by atoms with Crippen molar-refractivity contribution in [3.05, 3.63) is 101 Å². The molecule has 0 spiro atoms. The van der Waals surface area contributed by atoms with Gasteiger partial charge >= 0.3 is 0 Å². The zero-order chi connectivity index (χ0) is 29.5. The van der Waals surface area contributed by atoms with Gasteiger partial charge in [0.25, 0.3) is 0 Å². The predicted molar refractivity (Wildman–Crippen MR) is 136 cm³/mol. The Hall–Kier alpha value is -2.68. The maximum absolute atomic E-state index is 14.9. The third kappa shape index (κ3) is 5.46. The summed E-state index contributed by atoms with van der Waals surface area (Å²) < 4.78 is 141. The highest BCUT2D eigenvalue weighted by Gasteiger charge is 2.40. The Balaban J connectivity index is 1.70. The molecule has 0 bridgehead atoms. The second-order valence-electron chi connectivity index (χ2n) is 7.98. The van der Waals surface area contributed by atoms with Crippen molar-refractivity contribution >= 4 is 45.1 Å². The molecule has 14 heteroatoms. The molecule has 4 rings (SSSR count). The summed E-state index contributed by atoms with van der Waals surface area (Å²) in [5.74, 6) is -18.8. The monoisotopic (exact) mass is 638 g/mol. The van der Waals surface area contributed by atoms with Gasteiger partial charge in [0.05, 0.1) is 4.90 Å². The van der Waals surface area contributed by atoms with Gasteiger partial charge in [0.1, 0.15) is 9.79 Å². The van der Waals surface area contributed by atoms with Crippen LogP contribution in [0.5, 0.6) is 0 Å². The van der Waals surface area contributed by atoms with E-state index in [0.717, 1.165) is 14.7 Å². The number of halogens is 8. The zero-order valence-corrected chi connectivity index (χ0v) is 23.4. The summed E-state index contributed by atoms with van der Waals surface area (Å²) in [6, 6.07) is 13.6. The van der Waals surface area contributed by atoms with E-state index < -0.39 is 76.6 Å². The summed E-state index contributed by atoms with van der Waals surface area (Å²) in [5.41, 5.74) is -1.25. The highest BCUT2D eigenvalue weighted by molar-refractivity contribution is 8.00. The largest absolute Gasteiger partial charge is 0.218 e.